The molecule has 0 radical (unpaired) electrons. The summed E-state index contributed by atoms with van der Waals surface area (Å²) in [6.07, 6.45) is 0.633. The number of rotatable bonds is 5. The summed E-state index contributed by atoms with van der Waals surface area (Å²) in [5, 5.41) is 0. The fourth-order valence-electron chi connectivity index (χ4n) is 3.29. The van der Waals surface area contributed by atoms with E-state index in [1.165, 1.54) is 13.0 Å². The highest BCUT2D eigenvalue weighted by atomic mass is 32.2. The lowest BCUT2D eigenvalue weighted by molar-refractivity contribution is -0.116. The van der Waals surface area contributed by atoms with Crippen molar-refractivity contribution >= 4 is 27.3 Å². The number of hydrogen-bond acceptors (Lipinski definition) is 4. The van der Waals surface area contributed by atoms with Crippen LogP contribution in [0.5, 0.6) is 5.75 Å². The van der Waals surface area contributed by atoms with E-state index in [4.69, 9.17) is 4.74 Å². The van der Waals surface area contributed by atoms with Crippen LogP contribution in [-0.4, -0.2) is 27.0 Å². The van der Waals surface area contributed by atoms with Crippen molar-refractivity contribution in [1.29, 1.82) is 0 Å². The summed E-state index contributed by atoms with van der Waals surface area (Å²) in [4.78, 5) is 13.7. The van der Waals surface area contributed by atoms with Gasteiger partial charge in [-0.3, -0.25) is 9.52 Å². The van der Waals surface area contributed by atoms with Crippen molar-refractivity contribution in [2.24, 2.45) is 0 Å². The van der Waals surface area contributed by atoms with Gasteiger partial charge < -0.3 is 9.64 Å². The molecule has 0 aromatic heterocycles. The first-order valence-electron chi connectivity index (χ1n) is 8.51. The molecule has 0 saturated carbocycles. The Hall–Kier alpha value is -2.54. The highest BCUT2D eigenvalue weighted by molar-refractivity contribution is 7.92. The zero-order chi connectivity index (χ0) is 18.9. The average molecular weight is 374 g/mol. The summed E-state index contributed by atoms with van der Waals surface area (Å²) >= 11 is 0. The number of carbonyl (C=O) groups excluding carboxylic acids is 1. The molecule has 138 valence electrons. The number of fused-ring (bicyclic) bond motifs is 1. The van der Waals surface area contributed by atoms with E-state index in [0.29, 0.717) is 24.5 Å². The normalized spacial score (nSPS) is 16.3. The number of sulfonamides is 1. The molecule has 1 aliphatic heterocycles. The summed E-state index contributed by atoms with van der Waals surface area (Å²) in [5.74, 6) is 0.437. The third-order valence-corrected chi connectivity index (χ3v) is 5.71. The fraction of sp³-hybridized carbons (Fsp3) is 0.316. The van der Waals surface area contributed by atoms with Gasteiger partial charge in [0, 0.05) is 18.7 Å². The van der Waals surface area contributed by atoms with Crippen LogP contribution in [0.1, 0.15) is 26.3 Å². The van der Waals surface area contributed by atoms with E-state index in [2.05, 4.69) is 4.72 Å². The number of anilines is 2. The second-order valence-electron chi connectivity index (χ2n) is 6.27. The van der Waals surface area contributed by atoms with Gasteiger partial charge >= 0.3 is 0 Å². The molecule has 0 spiro atoms. The Bertz CT molecular complexity index is 940. The van der Waals surface area contributed by atoms with E-state index in [-0.39, 0.29) is 16.8 Å². The number of ether oxygens (including phenoxy) is 1. The average Bonchev–Trinajstić information content (AvgIpc) is 2.91. The van der Waals surface area contributed by atoms with E-state index >= 15 is 0 Å². The lowest BCUT2D eigenvalue weighted by Crippen LogP contribution is -2.33. The van der Waals surface area contributed by atoms with Crippen LogP contribution in [0.25, 0.3) is 0 Å². The van der Waals surface area contributed by atoms with Gasteiger partial charge in [0.25, 0.3) is 10.0 Å². The minimum atomic E-state index is -3.76. The molecular weight excluding hydrogens is 352 g/mol. The highest BCUT2D eigenvalue weighted by Gasteiger charge is 2.30. The topological polar surface area (TPSA) is 75.7 Å². The Labute approximate surface area is 153 Å². The molecule has 0 saturated heterocycles. The van der Waals surface area contributed by atoms with Crippen molar-refractivity contribution in [3.8, 4) is 5.75 Å². The lowest BCUT2D eigenvalue weighted by Gasteiger charge is -2.20. The predicted octanol–water partition coefficient (Wildman–Crippen LogP) is 3.18. The molecule has 2 aromatic rings. The number of amides is 1. The Morgan fingerprint density at radius 2 is 2.00 bits per heavy atom. The summed E-state index contributed by atoms with van der Waals surface area (Å²) in [7, 11) is -3.76. The number of carbonyl (C=O) groups is 1. The maximum Gasteiger partial charge on any atom is 0.262 e. The van der Waals surface area contributed by atoms with Gasteiger partial charge in [-0.1, -0.05) is 12.1 Å². The smallest absolute Gasteiger partial charge is 0.262 e. The van der Waals surface area contributed by atoms with Crippen molar-refractivity contribution < 1.29 is 17.9 Å². The third-order valence-electron chi connectivity index (χ3n) is 4.35. The molecule has 6 nitrogen and oxygen atoms in total. The van der Waals surface area contributed by atoms with E-state index in [1.807, 2.05) is 13.8 Å². The first-order valence-corrected chi connectivity index (χ1v) is 9.99. The van der Waals surface area contributed by atoms with Crippen LogP contribution in [0.15, 0.2) is 47.4 Å². The molecular formula is C19H22N2O4S. The Balaban J connectivity index is 1.93. The van der Waals surface area contributed by atoms with Crippen LogP contribution in [0.3, 0.4) is 0 Å². The standard InChI is InChI=1S/C19H22N2O4S/c1-4-25-19-8-6-5-7-17(19)20-26(23,24)16-9-10-18-15(12-16)11-13(2)21(18)14(3)22/h5-10,12-13,20H,4,11H2,1-3H3. The van der Waals surface area contributed by atoms with Gasteiger partial charge in [0.2, 0.25) is 5.91 Å². The predicted molar refractivity (Wildman–Crippen MR) is 101 cm³/mol. The molecule has 1 unspecified atom stereocenters. The summed E-state index contributed by atoms with van der Waals surface area (Å²) in [6, 6.07) is 11.8. The molecule has 1 aliphatic rings. The highest BCUT2D eigenvalue weighted by Crippen LogP contribution is 2.34. The van der Waals surface area contributed by atoms with Crippen LogP contribution < -0.4 is 14.4 Å². The summed E-state index contributed by atoms with van der Waals surface area (Å²) < 4.78 is 33.7. The van der Waals surface area contributed by atoms with E-state index in [9.17, 15) is 13.2 Å². The van der Waals surface area contributed by atoms with Crippen LogP contribution in [-0.2, 0) is 21.2 Å². The monoisotopic (exact) mass is 374 g/mol. The molecule has 0 bridgehead atoms. The molecule has 1 atom stereocenters. The minimum Gasteiger partial charge on any atom is -0.492 e. The van der Waals surface area contributed by atoms with Crippen LogP contribution >= 0.6 is 0 Å². The van der Waals surface area contributed by atoms with Crippen molar-refractivity contribution in [2.45, 2.75) is 38.1 Å². The first-order chi connectivity index (χ1) is 12.3. The molecule has 7 heteroatoms. The minimum absolute atomic E-state index is 0.0205. The third kappa shape index (κ3) is 3.39. The molecule has 0 aliphatic carbocycles. The van der Waals surface area contributed by atoms with Gasteiger partial charge in [0.15, 0.2) is 0 Å². The van der Waals surface area contributed by atoms with Gasteiger partial charge in [-0.2, -0.15) is 0 Å². The molecule has 3 rings (SSSR count). The van der Waals surface area contributed by atoms with E-state index < -0.39 is 10.0 Å². The number of nitrogens with zero attached hydrogens (tertiary/aromatic N) is 1. The molecule has 1 amide bonds. The van der Waals surface area contributed by atoms with Crippen molar-refractivity contribution in [2.75, 3.05) is 16.2 Å². The number of benzene rings is 2. The SMILES string of the molecule is CCOc1ccccc1NS(=O)(=O)c1ccc2c(c1)CC(C)N2C(C)=O. The van der Waals surface area contributed by atoms with Gasteiger partial charge in [0.05, 0.1) is 17.2 Å². The Kier molecular flexibility index (Phi) is 4.91. The zero-order valence-electron chi connectivity index (χ0n) is 15.0. The van der Waals surface area contributed by atoms with Crippen LogP contribution in [0.4, 0.5) is 11.4 Å². The van der Waals surface area contributed by atoms with Crippen molar-refractivity contribution in [1.82, 2.24) is 0 Å². The van der Waals surface area contributed by atoms with Gasteiger partial charge in [0.1, 0.15) is 5.75 Å². The molecule has 2 aromatic carbocycles. The maximum absolute atomic E-state index is 12.8. The Morgan fingerprint density at radius 3 is 2.69 bits per heavy atom. The van der Waals surface area contributed by atoms with Gasteiger partial charge in [-0.15, -0.1) is 0 Å². The van der Waals surface area contributed by atoms with Crippen LogP contribution in [0.2, 0.25) is 0 Å². The largest absolute Gasteiger partial charge is 0.492 e. The molecule has 1 heterocycles. The lowest BCUT2D eigenvalue weighted by atomic mass is 10.1. The van der Waals surface area contributed by atoms with Crippen molar-refractivity contribution in [3.63, 3.8) is 0 Å². The van der Waals surface area contributed by atoms with E-state index in [0.717, 1.165) is 11.3 Å². The first kappa shape index (κ1) is 18.3. The summed E-state index contributed by atoms with van der Waals surface area (Å²) in [5.41, 5.74) is 2.03. The molecule has 26 heavy (non-hydrogen) atoms. The van der Waals surface area contributed by atoms with Crippen molar-refractivity contribution in [3.05, 3.63) is 48.0 Å². The van der Waals surface area contributed by atoms with Gasteiger partial charge in [-0.25, -0.2) is 8.42 Å². The number of nitrogens with one attached hydrogen (secondary N) is 1. The quantitative estimate of drug-likeness (QED) is 0.872. The molecule has 1 N–H and O–H groups in total. The second-order valence-corrected chi connectivity index (χ2v) is 7.95. The van der Waals surface area contributed by atoms with Crippen LogP contribution in [0, 0.1) is 0 Å². The maximum atomic E-state index is 12.8. The van der Waals surface area contributed by atoms with Gasteiger partial charge in [-0.05, 0) is 56.2 Å². The second kappa shape index (κ2) is 6.99. The molecule has 0 fully saturated rings. The van der Waals surface area contributed by atoms with E-state index in [1.54, 1.807) is 41.3 Å². The Morgan fingerprint density at radius 1 is 1.27 bits per heavy atom. The summed E-state index contributed by atoms with van der Waals surface area (Å²) in [6.45, 7) is 5.75. The fourth-order valence-corrected chi connectivity index (χ4v) is 4.41. The zero-order valence-corrected chi connectivity index (χ0v) is 15.8. The number of para-hydroxylation sites is 2. The number of hydrogen-bond donors (Lipinski definition) is 1.